The highest BCUT2D eigenvalue weighted by Crippen LogP contribution is 2.38. The number of hydrogen-bond acceptors (Lipinski definition) is 3. The molecule has 2 aliphatic carbocycles. The van der Waals surface area contributed by atoms with Crippen LogP contribution in [0.5, 0.6) is 0 Å². The molecule has 0 heterocycles. The predicted molar refractivity (Wildman–Crippen MR) is 84.9 cm³/mol. The van der Waals surface area contributed by atoms with E-state index in [4.69, 9.17) is 10.5 Å². The number of ether oxygens (including phenoxy) is 1. The van der Waals surface area contributed by atoms with Crippen LogP contribution < -0.4 is 11.1 Å². The summed E-state index contributed by atoms with van der Waals surface area (Å²) in [7, 11) is 0. The molecule has 0 aliphatic heterocycles. The molecule has 3 N–H and O–H groups in total. The number of carbonyl (C=O) groups excluding carboxylic acids is 1. The van der Waals surface area contributed by atoms with Crippen LogP contribution in [0.1, 0.15) is 65.2 Å². The monoisotopic (exact) mass is 296 g/mol. The van der Waals surface area contributed by atoms with Crippen molar-refractivity contribution in [3.05, 3.63) is 0 Å². The third kappa shape index (κ3) is 3.98. The van der Waals surface area contributed by atoms with Gasteiger partial charge in [0.25, 0.3) is 0 Å². The quantitative estimate of drug-likeness (QED) is 0.759. The Hall–Kier alpha value is -0.610. The Kier molecular flexibility index (Phi) is 6.06. The van der Waals surface area contributed by atoms with Gasteiger partial charge in [0.1, 0.15) is 5.54 Å². The van der Waals surface area contributed by atoms with E-state index in [2.05, 4.69) is 12.2 Å². The van der Waals surface area contributed by atoms with Gasteiger partial charge in [0.15, 0.2) is 0 Å². The molecule has 1 amide bonds. The van der Waals surface area contributed by atoms with E-state index in [1.165, 1.54) is 25.7 Å². The van der Waals surface area contributed by atoms with E-state index in [1.807, 2.05) is 6.92 Å². The lowest BCUT2D eigenvalue weighted by Crippen LogP contribution is -2.58. The first-order valence-corrected chi connectivity index (χ1v) is 8.75. The number of nitrogens with two attached hydrogens (primary N) is 1. The van der Waals surface area contributed by atoms with Crippen LogP contribution in [0.3, 0.4) is 0 Å². The molecule has 2 saturated carbocycles. The fourth-order valence-corrected chi connectivity index (χ4v) is 4.34. The molecule has 4 nitrogen and oxygen atoms in total. The van der Waals surface area contributed by atoms with Crippen molar-refractivity contribution < 1.29 is 9.53 Å². The standard InChI is InChI=1S/C17H32N2O2/c1-3-19-17(16(18)20)10-5-7-14(17)9-11-21-15-8-4-6-13(2)12-15/h13-15,19H,3-12H2,1-2H3,(H2,18,20). The van der Waals surface area contributed by atoms with Crippen molar-refractivity contribution in [2.75, 3.05) is 13.2 Å². The molecule has 0 aromatic rings. The zero-order chi connectivity index (χ0) is 15.3. The van der Waals surface area contributed by atoms with Crippen molar-refractivity contribution in [3.63, 3.8) is 0 Å². The van der Waals surface area contributed by atoms with Crippen LogP contribution in [0.2, 0.25) is 0 Å². The molecule has 0 spiro atoms. The predicted octanol–water partition coefficient (Wildman–Crippen LogP) is 2.61. The Bertz CT molecular complexity index is 348. The molecule has 4 unspecified atom stereocenters. The van der Waals surface area contributed by atoms with Crippen molar-refractivity contribution in [2.24, 2.45) is 17.6 Å². The molecular weight excluding hydrogens is 264 g/mol. The maximum Gasteiger partial charge on any atom is 0.238 e. The van der Waals surface area contributed by atoms with Gasteiger partial charge >= 0.3 is 0 Å². The molecule has 2 aliphatic rings. The normalized spacial score (nSPS) is 36.8. The Morgan fingerprint density at radius 3 is 2.81 bits per heavy atom. The molecule has 4 atom stereocenters. The molecule has 0 saturated heterocycles. The van der Waals surface area contributed by atoms with Crippen LogP contribution in [0.4, 0.5) is 0 Å². The summed E-state index contributed by atoms with van der Waals surface area (Å²) in [5.41, 5.74) is 5.21. The molecule has 2 rings (SSSR count). The van der Waals surface area contributed by atoms with Gasteiger partial charge in [0.05, 0.1) is 6.10 Å². The summed E-state index contributed by atoms with van der Waals surface area (Å²) >= 11 is 0. The van der Waals surface area contributed by atoms with Gasteiger partial charge in [-0.1, -0.05) is 33.1 Å². The summed E-state index contributed by atoms with van der Waals surface area (Å²) in [6.45, 7) is 5.92. The van der Waals surface area contributed by atoms with E-state index in [0.29, 0.717) is 12.0 Å². The lowest BCUT2D eigenvalue weighted by molar-refractivity contribution is -0.126. The maximum absolute atomic E-state index is 12.0. The summed E-state index contributed by atoms with van der Waals surface area (Å²) in [6, 6.07) is 0. The number of amides is 1. The smallest absolute Gasteiger partial charge is 0.238 e. The van der Waals surface area contributed by atoms with Crippen molar-refractivity contribution >= 4 is 5.91 Å². The molecule has 0 aromatic heterocycles. The second kappa shape index (κ2) is 7.59. The van der Waals surface area contributed by atoms with Crippen LogP contribution in [-0.4, -0.2) is 30.7 Å². The van der Waals surface area contributed by atoms with Crippen LogP contribution in [0.15, 0.2) is 0 Å². The lowest BCUT2D eigenvalue weighted by Gasteiger charge is -2.34. The number of carbonyl (C=O) groups is 1. The molecular formula is C17H32N2O2. The number of primary amides is 1. The number of rotatable bonds is 7. The Labute approximate surface area is 129 Å². The second-order valence-corrected chi connectivity index (χ2v) is 7.01. The number of nitrogens with one attached hydrogen (secondary N) is 1. The zero-order valence-corrected chi connectivity index (χ0v) is 13.7. The first-order valence-electron chi connectivity index (χ1n) is 8.75. The van der Waals surface area contributed by atoms with E-state index < -0.39 is 5.54 Å². The van der Waals surface area contributed by atoms with Gasteiger partial charge in [-0.2, -0.15) is 0 Å². The van der Waals surface area contributed by atoms with Gasteiger partial charge in [-0.25, -0.2) is 0 Å². The Morgan fingerprint density at radius 1 is 1.33 bits per heavy atom. The third-order valence-corrected chi connectivity index (χ3v) is 5.46. The van der Waals surface area contributed by atoms with E-state index in [0.717, 1.165) is 44.8 Å². The van der Waals surface area contributed by atoms with Gasteiger partial charge in [0.2, 0.25) is 5.91 Å². The molecule has 0 aromatic carbocycles. The van der Waals surface area contributed by atoms with Gasteiger partial charge in [-0.15, -0.1) is 0 Å². The fraction of sp³-hybridized carbons (Fsp3) is 0.941. The minimum atomic E-state index is -0.488. The lowest BCUT2D eigenvalue weighted by atomic mass is 9.84. The van der Waals surface area contributed by atoms with Gasteiger partial charge in [-0.05, 0) is 50.5 Å². The van der Waals surface area contributed by atoms with E-state index in [9.17, 15) is 4.79 Å². The molecule has 21 heavy (non-hydrogen) atoms. The number of likely N-dealkylation sites (N-methyl/N-ethyl adjacent to an activating group) is 1. The van der Waals surface area contributed by atoms with E-state index in [1.54, 1.807) is 0 Å². The Balaban J connectivity index is 1.82. The first kappa shape index (κ1) is 16.8. The number of hydrogen-bond donors (Lipinski definition) is 2. The molecule has 2 fully saturated rings. The SMILES string of the molecule is CCNC1(C(N)=O)CCCC1CCOC1CCCC(C)C1. The average molecular weight is 296 g/mol. The summed E-state index contributed by atoms with van der Waals surface area (Å²) in [5.74, 6) is 0.941. The van der Waals surface area contributed by atoms with Crippen molar-refractivity contribution in [1.29, 1.82) is 0 Å². The van der Waals surface area contributed by atoms with Crippen LogP contribution in [0.25, 0.3) is 0 Å². The van der Waals surface area contributed by atoms with E-state index in [-0.39, 0.29) is 5.91 Å². The highest BCUT2D eigenvalue weighted by Gasteiger charge is 2.46. The van der Waals surface area contributed by atoms with E-state index >= 15 is 0 Å². The minimum absolute atomic E-state index is 0.182. The molecule has 4 heteroatoms. The van der Waals surface area contributed by atoms with Crippen molar-refractivity contribution in [3.8, 4) is 0 Å². The average Bonchev–Trinajstić information content (AvgIpc) is 2.84. The first-order chi connectivity index (χ1) is 10.1. The van der Waals surface area contributed by atoms with Crippen molar-refractivity contribution in [1.82, 2.24) is 5.32 Å². The third-order valence-electron chi connectivity index (χ3n) is 5.46. The molecule has 122 valence electrons. The minimum Gasteiger partial charge on any atom is -0.378 e. The maximum atomic E-state index is 12.0. The summed E-state index contributed by atoms with van der Waals surface area (Å²) in [6.07, 6.45) is 9.44. The highest BCUT2D eigenvalue weighted by molar-refractivity contribution is 5.85. The molecule has 0 bridgehead atoms. The summed E-state index contributed by atoms with van der Waals surface area (Å²) in [5, 5.41) is 3.37. The fourth-order valence-electron chi connectivity index (χ4n) is 4.34. The van der Waals surface area contributed by atoms with Crippen molar-refractivity contribution in [2.45, 2.75) is 76.9 Å². The van der Waals surface area contributed by atoms with Gasteiger partial charge in [-0.3, -0.25) is 4.79 Å². The van der Waals surface area contributed by atoms with Crippen LogP contribution in [0, 0.1) is 11.8 Å². The summed E-state index contributed by atoms with van der Waals surface area (Å²) in [4.78, 5) is 12.0. The highest BCUT2D eigenvalue weighted by atomic mass is 16.5. The van der Waals surface area contributed by atoms with Crippen LogP contribution in [-0.2, 0) is 9.53 Å². The van der Waals surface area contributed by atoms with Gasteiger partial charge in [0, 0.05) is 6.61 Å². The molecule has 0 radical (unpaired) electrons. The largest absolute Gasteiger partial charge is 0.378 e. The van der Waals surface area contributed by atoms with Gasteiger partial charge < -0.3 is 15.8 Å². The topological polar surface area (TPSA) is 64.3 Å². The van der Waals surface area contributed by atoms with Crippen LogP contribution >= 0.6 is 0 Å². The Morgan fingerprint density at radius 2 is 2.14 bits per heavy atom. The zero-order valence-electron chi connectivity index (χ0n) is 13.7. The second-order valence-electron chi connectivity index (χ2n) is 7.01. The summed E-state index contributed by atoms with van der Waals surface area (Å²) < 4.78 is 6.09.